The largest absolute Gasteiger partial charge is 0.430 e. The highest BCUT2D eigenvalue weighted by Gasteiger charge is 2.02. The van der Waals surface area contributed by atoms with Gasteiger partial charge in [-0.1, -0.05) is 15.9 Å². The van der Waals surface area contributed by atoms with Gasteiger partial charge >= 0.3 is 0 Å². The molecule has 0 aliphatic carbocycles. The molecule has 72 valence electrons. The van der Waals surface area contributed by atoms with Crippen LogP contribution in [0.25, 0.3) is 0 Å². The number of nitrogen functional groups attached to an aromatic ring is 1. The summed E-state index contributed by atoms with van der Waals surface area (Å²) in [6.07, 6.45) is 1.45. The SMILES string of the molecule is Nc1cc(Br)cc(Oc2ncns2)c1. The molecule has 0 bridgehead atoms. The molecular weight excluding hydrogens is 266 g/mol. The van der Waals surface area contributed by atoms with Gasteiger partial charge in [0.25, 0.3) is 5.19 Å². The Kier molecular flexibility index (Phi) is 2.64. The number of halogens is 1. The van der Waals surface area contributed by atoms with Gasteiger partial charge in [-0.2, -0.15) is 9.36 Å². The lowest BCUT2D eigenvalue weighted by Gasteiger charge is -2.02. The Balaban J connectivity index is 2.25. The first-order valence-corrected chi connectivity index (χ1v) is 5.31. The van der Waals surface area contributed by atoms with Gasteiger partial charge in [-0.25, -0.2) is 0 Å². The van der Waals surface area contributed by atoms with Crippen LogP contribution in [0.4, 0.5) is 5.69 Å². The number of rotatable bonds is 2. The van der Waals surface area contributed by atoms with Crippen molar-refractivity contribution < 1.29 is 4.74 Å². The van der Waals surface area contributed by atoms with Gasteiger partial charge in [0.2, 0.25) is 0 Å². The molecule has 4 nitrogen and oxygen atoms in total. The molecule has 14 heavy (non-hydrogen) atoms. The minimum absolute atomic E-state index is 0.502. The maximum absolute atomic E-state index is 5.65. The Hall–Kier alpha value is -1.14. The molecule has 0 fully saturated rings. The molecule has 1 aromatic heterocycles. The van der Waals surface area contributed by atoms with Gasteiger partial charge in [0.05, 0.1) is 0 Å². The van der Waals surface area contributed by atoms with E-state index >= 15 is 0 Å². The number of hydrogen-bond acceptors (Lipinski definition) is 5. The maximum atomic E-state index is 5.65. The maximum Gasteiger partial charge on any atom is 0.298 e. The molecule has 0 aliphatic heterocycles. The monoisotopic (exact) mass is 271 g/mol. The van der Waals surface area contributed by atoms with Crippen molar-refractivity contribution in [2.24, 2.45) is 0 Å². The summed E-state index contributed by atoms with van der Waals surface area (Å²) in [6.45, 7) is 0. The first-order valence-electron chi connectivity index (χ1n) is 3.74. The van der Waals surface area contributed by atoms with Crippen molar-refractivity contribution in [3.8, 4) is 10.9 Å². The van der Waals surface area contributed by atoms with Gasteiger partial charge in [0.1, 0.15) is 12.1 Å². The van der Waals surface area contributed by atoms with Crippen molar-refractivity contribution in [3.63, 3.8) is 0 Å². The molecule has 1 aromatic carbocycles. The standard InChI is InChI=1S/C8H6BrN3OS/c9-5-1-6(10)3-7(2-5)13-8-11-4-12-14-8/h1-4H,10H2. The lowest BCUT2D eigenvalue weighted by Crippen LogP contribution is -1.87. The van der Waals surface area contributed by atoms with E-state index in [0.717, 1.165) is 4.47 Å². The fourth-order valence-electron chi connectivity index (χ4n) is 0.952. The third-order valence-electron chi connectivity index (χ3n) is 1.44. The van der Waals surface area contributed by atoms with Gasteiger partial charge in [0.15, 0.2) is 0 Å². The number of ether oxygens (including phenoxy) is 1. The Morgan fingerprint density at radius 2 is 2.21 bits per heavy atom. The summed E-state index contributed by atoms with van der Waals surface area (Å²) in [6, 6.07) is 5.34. The lowest BCUT2D eigenvalue weighted by molar-refractivity contribution is 0.479. The second-order valence-electron chi connectivity index (χ2n) is 2.53. The molecule has 0 unspecified atom stereocenters. The molecule has 0 aliphatic rings. The summed E-state index contributed by atoms with van der Waals surface area (Å²) in [4.78, 5) is 3.90. The average Bonchev–Trinajstić information content (AvgIpc) is 2.54. The molecule has 0 atom stereocenters. The van der Waals surface area contributed by atoms with Crippen molar-refractivity contribution in [3.05, 3.63) is 29.0 Å². The summed E-state index contributed by atoms with van der Waals surface area (Å²) in [7, 11) is 0. The van der Waals surface area contributed by atoms with Gasteiger partial charge in [-0.3, -0.25) is 0 Å². The van der Waals surface area contributed by atoms with E-state index in [2.05, 4.69) is 25.3 Å². The summed E-state index contributed by atoms with van der Waals surface area (Å²) < 4.78 is 10.1. The number of anilines is 1. The lowest BCUT2D eigenvalue weighted by atomic mass is 10.3. The highest BCUT2D eigenvalue weighted by Crippen LogP contribution is 2.27. The number of nitrogens with two attached hydrogens (primary N) is 1. The van der Waals surface area contributed by atoms with E-state index in [1.165, 1.54) is 17.9 Å². The molecule has 0 spiro atoms. The van der Waals surface area contributed by atoms with Crippen LogP contribution in [0.2, 0.25) is 0 Å². The summed E-state index contributed by atoms with van der Waals surface area (Å²) in [5.41, 5.74) is 6.28. The highest BCUT2D eigenvalue weighted by molar-refractivity contribution is 9.10. The van der Waals surface area contributed by atoms with Crippen LogP contribution in [0.15, 0.2) is 29.0 Å². The first kappa shape index (κ1) is 9.42. The van der Waals surface area contributed by atoms with Crippen LogP contribution in [0, 0.1) is 0 Å². The van der Waals surface area contributed by atoms with Crippen molar-refractivity contribution in [1.29, 1.82) is 0 Å². The van der Waals surface area contributed by atoms with Crippen LogP contribution in [-0.2, 0) is 0 Å². The molecule has 2 aromatic rings. The number of aromatic nitrogens is 2. The molecule has 0 saturated heterocycles. The molecule has 2 N–H and O–H groups in total. The Morgan fingerprint density at radius 1 is 1.36 bits per heavy atom. The molecule has 6 heteroatoms. The number of nitrogens with zero attached hydrogens (tertiary/aromatic N) is 2. The summed E-state index contributed by atoms with van der Waals surface area (Å²) in [5, 5.41) is 0.502. The normalized spacial score (nSPS) is 10.1. The topological polar surface area (TPSA) is 61.0 Å². The van der Waals surface area contributed by atoms with E-state index < -0.39 is 0 Å². The van der Waals surface area contributed by atoms with Crippen molar-refractivity contribution >= 4 is 33.1 Å². The second-order valence-corrected chi connectivity index (χ2v) is 4.19. The number of hydrogen-bond donors (Lipinski definition) is 1. The van der Waals surface area contributed by atoms with Crippen molar-refractivity contribution in [2.75, 3.05) is 5.73 Å². The Bertz CT molecular complexity index is 412. The van der Waals surface area contributed by atoms with Crippen LogP contribution in [-0.4, -0.2) is 9.36 Å². The highest BCUT2D eigenvalue weighted by atomic mass is 79.9. The minimum Gasteiger partial charge on any atom is -0.430 e. The predicted octanol–water partition coefficient (Wildman–Crippen LogP) is 2.68. The van der Waals surface area contributed by atoms with Gasteiger partial charge < -0.3 is 10.5 Å². The van der Waals surface area contributed by atoms with E-state index in [1.807, 2.05) is 6.07 Å². The van der Waals surface area contributed by atoms with Gasteiger partial charge in [0, 0.05) is 27.8 Å². The third-order valence-corrected chi connectivity index (χ3v) is 2.44. The van der Waals surface area contributed by atoms with Crippen LogP contribution in [0.5, 0.6) is 10.9 Å². The quantitative estimate of drug-likeness (QED) is 0.854. The zero-order valence-corrected chi connectivity index (χ0v) is 9.38. The molecule has 0 radical (unpaired) electrons. The van der Waals surface area contributed by atoms with E-state index in [4.69, 9.17) is 10.5 Å². The van der Waals surface area contributed by atoms with E-state index in [0.29, 0.717) is 16.6 Å². The van der Waals surface area contributed by atoms with Crippen LogP contribution < -0.4 is 10.5 Å². The summed E-state index contributed by atoms with van der Waals surface area (Å²) in [5.74, 6) is 0.647. The predicted molar refractivity (Wildman–Crippen MR) is 58.5 cm³/mol. The van der Waals surface area contributed by atoms with E-state index in [-0.39, 0.29) is 0 Å². The van der Waals surface area contributed by atoms with Gasteiger partial charge in [-0.05, 0) is 12.1 Å². The van der Waals surface area contributed by atoms with Crippen LogP contribution in [0.3, 0.4) is 0 Å². The molecular formula is C8H6BrN3OS. The molecule has 0 amide bonds. The van der Waals surface area contributed by atoms with E-state index in [1.54, 1.807) is 12.1 Å². The molecule has 1 heterocycles. The smallest absolute Gasteiger partial charge is 0.298 e. The van der Waals surface area contributed by atoms with Crippen molar-refractivity contribution in [2.45, 2.75) is 0 Å². The second kappa shape index (κ2) is 3.93. The van der Waals surface area contributed by atoms with Crippen molar-refractivity contribution in [1.82, 2.24) is 9.36 Å². The fraction of sp³-hybridized carbons (Fsp3) is 0. The Morgan fingerprint density at radius 3 is 2.86 bits per heavy atom. The number of benzene rings is 1. The van der Waals surface area contributed by atoms with E-state index in [9.17, 15) is 0 Å². The fourth-order valence-corrected chi connectivity index (χ4v) is 1.85. The molecule has 2 rings (SSSR count). The Labute approximate surface area is 93.0 Å². The van der Waals surface area contributed by atoms with Crippen LogP contribution >= 0.6 is 27.5 Å². The molecule has 0 saturated carbocycles. The van der Waals surface area contributed by atoms with Gasteiger partial charge in [-0.15, -0.1) is 0 Å². The third kappa shape index (κ3) is 2.21. The zero-order chi connectivity index (χ0) is 9.97. The van der Waals surface area contributed by atoms with Crippen LogP contribution in [0.1, 0.15) is 0 Å². The minimum atomic E-state index is 0.502. The zero-order valence-electron chi connectivity index (χ0n) is 6.98. The average molecular weight is 272 g/mol. The first-order chi connectivity index (χ1) is 6.74. The summed E-state index contributed by atoms with van der Waals surface area (Å²) >= 11 is 4.51.